The zero-order chi connectivity index (χ0) is 18.4. The first kappa shape index (κ1) is 18.3. The normalized spacial score (nSPS) is 10.4. The summed E-state index contributed by atoms with van der Waals surface area (Å²) in [7, 11) is 2.91. The SMILES string of the molecule is COC(=O)c1nn(C)cc1NC(=O)NCc1ccc(OC(C)C)cc1. The number of rotatable bonds is 6. The zero-order valence-corrected chi connectivity index (χ0v) is 14.7. The number of benzene rings is 1. The van der Waals surface area contributed by atoms with Gasteiger partial charge >= 0.3 is 12.0 Å². The average molecular weight is 346 g/mol. The van der Waals surface area contributed by atoms with E-state index in [-0.39, 0.29) is 17.5 Å². The number of aryl methyl sites for hydroxylation is 1. The van der Waals surface area contributed by atoms with Crippen molar-refractivity contribution in [3.05, 3.63) is 41.7 Å². The molecule has 0 aliphatic heterocycles. The number of nitrogens with zero attached hydrogens (tertiary/aromatic N) is 2. The van der Waals surface area contributed by atoms with Gasteiger partial charge < -0.3 is 20.1 Å². The number of carbonyl (C=O) groups excluding carboxylic acids is 2. The van der Waals surface area contributed by atoms with Gasteiger partial charge in [0.25, 0.3) is 0 Å². The fourth-order valence-electron chi connectivity index (χ4n) is 2.13. The fourth-order valence-corrected chi connectivity index (χ4v) is 2.13. The molecule has 0 aliphatic carbocycles. The lowest BCUT2D eigenvalue weighted by Crippen LogP contribution is -2.28. The molecule has 25 heavy (non-hydrogen) atoms. The minimum atomic E-state index is -0.614. The summed E-state index contributed by atoms with van der Waals surface area (Å²) >= 11 is 0. The predicted molar refractivity (Wildman–Crippen MR) is 92.6 cm³/mol. The van der Waals surface area contributed by atoms with E-state index in [4.69, 9.17) is 4.74 Å². The number of ether oxygens (including phenoxy) is 2. The first-order chi connectivity index (χ1) is 11.9. The molecule has 0 fully saturated rings. The Labute approximate surface area is 146 Å². The van der Waals surface area contributed by atoms with E-state index in [0.29, 0.717) is 6.54 Å². The summed E-state index contributed by atoms with van der Waals surface area (Å²) in [6.07, 6.45) is 1.64. The maximum Gasteiger partial charge on any atom is 0.360 e. The van der Waals surface area contributed by atoms with Crippen LogP contribution in [0.3, 0.4) is 0 Å². The molecule has 2 rings (SSSR count). The minimum Gasteiger partial charge on any atom is -0.491 e. The van der Waals surface area contributed by atoms with Crippen molar-refractivity contribution < 1.29 is 19.1 Å². The van der Waals surface area contributed by atoms with Crippen LogP contribution in [0.15, 0.2) is 30.5 Å². The monoisotopic (exact) mass is 346 g/mol. The number of hydrogen-bond donors (Lipinski definition) is 2. The van der Waals surface area contributed by atoms with E-state index in [1.54, 1.807) is 7.05 Å². The Morgan fingerprint density at radius 1 is 1.24 bits per heavy atom. The number of anilines is 1. The van der Waals surface area contributed by atoms with Crippen LogP contribution in [-0.2, 0) is 18.3 Å². The first-order valence-electron chi connectivity index (χ1n) is 7.81. The first-order valence-corrected chi connectivity index (χ1v) is 7.81. The number of aromatic nitrogens is 2. The van der Waals surface area contributed by atoms with Crippen LogP contribution in [-0.4, -0.2) is 35.0 Å². The molecule has 1 aromatic carbocycles. The largest absolute Gasteiger partial charge is 0.491 e. The molecule has 0 bridgehead atoms. The molecule has 1 heterocycles. The summed E-state index contributed by atoms with van der Waals surface area (Å²) in [6, 6.07) is 7.02. The number of urea groups is 1. The molecule has 2 N–H and O–H groups in total. The van der Waals surface area contributed by atoms with Crippen molar-refractivity contribution >= 4 is 17.7 Å². The topological polar surface area (TPSA) is 94.5 Å². The van der Waals surface area contributed by atoms with Crippen LogP contribution < -0.4 is 15.4 Å². The highest BCUT2D eigenvalue weighted by Gasteiger charge is 2.18. The molecule has 1 aromatic heterocycles. The van der Waals surface area contributed by atoms with Crippen LogP contribution in [0.1, 0.15) is 29.9 Å². The van der Waals surface area contributed by atoms with E-state index < -0.39 is 12.0 Å². The summed E-state index contributed by atoms with van der Waals surface area (Å²) in [5, 5.41) is 9.29. The number of methoxy groups -OCH3 is 1. The second-order valence-corrected chi connectivity index (χ2v) is 5.67. The Hall–Kier alpha value is -3.03. The second-order valence-electron chi connectivity index (χ2n) is 5.67. The number of amides is 2. The molecule has 0 saturated heterocycles. The lowest BCUT2D eigenvalue weighted by atomic mass is 10.2. The number of esters is 1. The molecule has 0 aliphatic rings. The van der Waals surface area contributed by atoms with Crippen molar-refractivity contribution in [2.45, 2.75) is 26.5 Å². The standard InChI is InChI=1S/C17H22N4O4/c1-11(2)25-13-7-5-12(6-8-13)9-18-17(23)19-14-10-21(3)20-15(14)16(22)24-4/h5-8,10-11H,9H2,1-4H3,(H2,18,19,23). The minimum absolute atomic E-state index is 0.0512. The van der Waals surface area contributed by atoms with E-state index in [9.17, 15) is 9.59 Å². The third-order valence-electron chi connectivity index (χ3n) is 3.20. The Balaban J connectivity index is 1.92. The molecule has 0 atom stereocenters. The Morgan fingerprint density at radius 2 is 1.92 bits per heavy atom. The Morgan fingerprint density at radius 3 is 2.52 bits per heavy atom. The van der Waals surface area contributed by atoms with Crippen molar-refractivity contribution in [3.63, 3.8) is 0 Å². The van der Waals surface area contributed by atoms with Crippen molar-refractivity contribution in [1.82, 2.24) is 15.1 Å². The van der Waals surface area contributed by atoms with E-state index in [1.165, 1.54) is 18.0 Å². The van der Waals surface area contributed by atoms with Crippen LogP contribution in [0.4, 0.5) is 10.5 Å². The van der Waals surface area contributed by atoms with Gasteiger partial charge in [0.2, 0.25) is 0 Å². The van der Waals surface area contributed by atoms with Crippen LogP contribution in [0, 0.1) is 0 Å². The van der Waals surface area contributed by atoms with Crippen LogP contribution in [0.25, 0.3) is 0 Å². The van der Waals surface area contributed by atoms with Gasteiger partial charge in [0.05, 0.1) is 18.9 Å². The summed E-state index contributed by atoms with van der Waals surface area (Å²) in [5.41, 5.74) is 1.26. The van der Waals surface area contributed by atoms with Gasteiger partial charge in [0.15, 0.2) is 5.69 Å². The Bertz CT molecular complexity index is 738. The number of nitrogens with one attached hydrogen (secondary N) is 2. The van der Waals surface area contributed by atoms with Gasteiger partial charge in [-0.25, -0.2) is 9.59 Å². The third-order valence-corrected chi connectivity index (χ3v) is 3.20. The summed E-state index contributed by atoms with van der Waals surface area (Å²) in [6.45, 7) is 4.25. The van der Waals surface area contributed by atoms with Crippen molar-refractivity contribution in [2.24, 2.45) is 7.05 Å². The van der Waals surface area contributed by atoms with E-state index >= 15 is 0 Å². The van der Waals surface area contributed by atoms with Gasteiger partial charge in [-0.3, -0.25) is 4.68 Å². The molecule has 2 amide bonds. The van der Waals surface area contributed by atoms with Gasteiger partial charge in [-0.1, -0.05) is 12.1 Å². The van der Waals surface area contributed by atoms with Gasteiger partial charge in [0.1, 0.15) is 5.75 Å². The van der Waals surface area contributed by atoms with Crippen molar-refractivity contribution in [2.75, 3.05) is 12.4 Å². The fraction of sp³-hybridized carbons (Fsp3) is 0.353. The quantitative estimate of drug-likeness (QED) is 0.783. The molecule has 0 unspecified atom stereocenters. The van der Waals surface area contributed by atoms with Crippen LogP contribution in [0.5, 0.6) is 5.75 Å². The van der Waals surface area contributed by atoms with Crippen molar-refractivity contribution in [3.8, 4) is 5.75 Å². The predicted octanol–water partition coefficient (Wildman–Crippen LogP) is 2.32. The lowest BCUT2D eigenvalue weighted by Gasteiger charge is -2.11. The molecule has 0 radical (unpaired) electrons. The van der Waals surface area contributed by atoms with Gasteiger partial charge in [-0.05, 0) is 31.5 Å². The van der Waals surface area contributed by atoms with Crippen LogP contribution >= 0.6 is 0 Å². The molecular formula is C17H22N4O4. The number of hydrogen-bond acceptors (Lipinski definition) is 5. The molecule has 0 spiro atoms. The highest BCUT2D eigenvalue weighted by atomic mass is 16.5. The zero-order valence-electron chi connectivity index (χ0n) is 14.7. The molecule has 134 valence electrons. The van der Waals surface area contributed by atoms with Crippen LogP contribution in [0.2, 0.25) is 0 Å². The molecule has 8 nitrogen and oxygen atoms in total. The summed E-state index contributed by atoms with van der Waals surface area (Å²) in [5.74, 6) is 0.165. The van der Waals surface area contributed by atoms with E-state index in [1.807, 2.05) is 38.1 Å². The summed E-state index contributed by atoms with van der Waals surface area (Å²) in [4.78, 5) is 23.7. The van der Waals surface area contributed by atoms with Crippen molar-refractivity contribution in [1.29, 1.82) is 0 Å². The molecule has 2 aromatic rings. The smallest absolute Gasteiger partial charge is 0.360 e. The van der Waals surface area contributed by atoms with E-state index in [2.05, 4.69) is 20.5 Å². The van der Waals surface area contributed by atoms with Gasteiger partial charge in [-0.15, -0.1) is 0 Å². The van der Waals surface area contributed by atoms with E-state index in [0.717, 1.165) is 11.3 Å². The second kappa shape index (κ2) is 8.18. The molecule has 8 heteroatoms. The average Bonchev–Trinajstić information content (AvgIpc) is 2.93. The maximum atomic E-state index is 12.0. The maximum absolute atomic E-state index is 12.0. The molecular weight excluding hydrogens is 324 g/mol. The van der Waals surface area contributed by atoms with Gasteiger partial charge in [0, 0.05) is 19.8 Å². The lowest BCUT2D eigenvalue weighted by molar-refractivity contribution is 0.0594. The molecule has 0 saturated carbocycles. The number of carbonyl (C=O) groups is 2. The highest BCUT2D eigenvalue weighted by Crippen LogP contribution is 2.15. The summed E-state index contributed by atoms with van der Waals surface area (Å²) < 4.78 is 11.6. The Kier molecular flexibility index (Phi) is 5.99. The highest BCUT2D eigenvalue weighted by molar-refractivity contribution is 5.99. The van der Waals surface area contributed by atoms with Gasteiger partial charge in [-0.2, -0.15) is 5.10 Å². The third kappa shape index (κ3) is 5.23.